The van der Waals surface area contributed by atoms with Gasteiger partial charge in [-0.15, -0.1) is 5.10 Å². The molecule has 5 heteroatoms. The van der Waals surface area contributed by atoms with Gasteiger partial charge < -0.3 is 0 Å². The summed E-state index contributed by atoms with van der Waals surface area (Å²) in [5, 5.41) is 8.21. The van der Waals surface area contributed by atoms with Crippen LogP contribution in [-0.4, -0.2) is 20.0 Å². The summed E-state index contributed by atoms with van der Waals surface area (Å²) in [6, 6.07) is 1.73. The molecule has 0 atom stereocenters. The van der Waals surface area contributed by atoms with Gasteiger partial charge in [0, 0.05) is 13.2 Å². The molecule has 2 rings (SSSR count). The van der Waals surface area contributed by atoms with E-state index in [1.54, 1.807) is 24.0 Å². The lowest BCUT2D eigenvalue weighted by Gasteiger charge is -1.89. The number of aryl methyl sites for hydroxylation is 1. The standard InChI is InChI=1S/C6H5ClN4/c1-11-6-5(9-10-11)2-4(7)3-8-6/h2-3H,1H3. The molecule has 0 unspecified atom stereocenters. The summed E-state index contributed by atoms with van der Waals surface area (Å²) in [6.45, 7) is 0. The third-order valence-electron chi connectivity index (χ3n) is 1.41. The molecule has 0 radical (unpaired) electrons. The van der Waals surface area contributed by atoms with E-state index in [0.29, 0.717) is 5.02 Å². The summed E-state index contributed by atoms with van der Waals surface area (Å²) in [4.78, 5) is 4.05. The van der Waals surface area contributed by atoms with Gasteiger partial charge in [0.2, 0.25) is 0 Å². The molecule has 2 aromatic heterocycles. The highest BCUT2D eigenvalue weighted by Gasteiger charge is 2.01. The van der Waals surface area contributed by atoms with Gasteiger partial charge in [-0.2, -0.15) is 0 Å². The van der Waals surface area contributed by atoms with Crippen LogP contribution in [0.4, 0.5) is 0 Å². The van der Waals surface area contributed by atoms with Crippen LogP contribution in [0, 0.1) is 0 Å². The third-order valence-corrected chi connectivity index (χ3v) is 1.61. The largest absolute Gasteiger partial charge is 0.234 e. The van der Waals surface area contributed by atoms with Crippen LogP contribution in [0.15, 0.2) is 12.3 Å². The van der Waals surface area contributed by atoms with Crippen LogP contribution < -0.4 is 0 Å². The quantitative estimate of drug-likeness (QED) is 0.590. The molecule has 56 valence electrons. The molecule has 0 fully saturated rings. The summed E-state index contributed by atoms with van der Waals surface area (Å²) in [6.07, 6.45) is 1.58. The van der Waals surface area contributed by atoms with Gasteiger partial charge in [-0.1, -0.05) is 16.8 Å². The van der Waals surface area contributed by atoms with Crippen molar-refractivity contribution in [3.8, 4) is 0 Å². The molecule has 0 N–H and O–H groups in total. The maximum absolute atomic E-state index is 5.69. The molecule has 0 saturated carbocycles. The molecule has 0 aliphatic carbocycles. The summed E-state index contributed by atoms with van der Waals surface area (Å²) in [5.41, 5.74) is 1.47. The number of hydrogen-bond donors (Lipinski definition) is 0. The van der Waals surface area contributed by atoms with Gasteiger partial charge in [0.05, 0.1) is 5.02 Å². The maximum atomic E-state index is 5.69. The highest BCUT2D eigenvalue weighted by Crippen LogP contribution is 2.12. The smallest absolute Gasteiger partial charge is 0.178 e. The van der Waals surface area contributed by atoms with Crippen LogP contribution in [0.25, 0.3) is 11.2 Å². The van der Waals surface area contributed by atoms with E-state index in [1.807, 2.05) is 0 Å². The topological polar surface area (TPSA) is 43.6 Å². The maximum Gasteiger partial charge on any atom is 0.178 e. The van der Waals surface area contributed by atoms with Crippen molar-refractivity contribution in [3.05, 3.63) is 17.3 Å². The molecule has 0 aliphatic heterocycles. The molecule has 0 aromatic carbocycles. The highest BCUT2D eigenvalue weighted by atomic mass is 35.5. The number of rotatable bonds is 0. The first-order valence-corrected chi connectivity index (χ1v) is 3.46. The average Bonchev–Trinajstić information content (AvgIpc) is 2.32. The van der Waals surface area contributed by atoms with Crippen LogP contribution in [-0.2, 0) is 7.05 Å². The minimum absolute atomic E-state index is 0.581. The Morgan fingerprint density at radius 1 is 1.55 bits per heavy atom. The van der Waals surface area contributed by atoms with E-state index < -0.39 is 0 Å². The zero-order valence-electron chi connectivity index (χ0n) is 5.82. The molecule has 0 aliphatic rings. The molecule has 0 spiro atoms. The van der Waals surface area contributed by atoms with E-state index in [2.05, 4.69) is 15.3 Å². The molecular weight excluding hydrogens is 164 g/mol. The first kappa shape index (κ1) is 6.54. The predicted octanol–water partition coefficient (Wildman–Crippen LogP) is 1.02. The van der Waals surface area contributed by atoms with Crippen molar-refractivity contribution in [2.45, 2.75) is 0 Å². The van der Waals surface area contributed by atoms with Gasteiger partial charge in [-0.3, -0.25) is 0 Å². The second kappa shape index (κ2) is 2.17. The van der Waals surface area contributed by atoms with Crippen molar-refractivity contribution in [1.82, 2.24) is 20.0 Å². The van der Waals surface area contributed by atoms with Gasteiger partial charge in [0.15, 0.2) is 5.65 Å². The normalized spacial score (nSPS) is 10.7. The Morgan fingerprint density at radius 3 is 3.18 bits per heavy atom. The zero-order chi connectivity index (χ0) is 7.84. The van der Waals surface area contributed by atoms with Gasteiger partial charge >= 0.3 is 0 Å². The zero-order valence-corrected chi connectivity index (χ0v) is 6.58. The monoisotopic (exact) mass is 168 g/mol. The second-order valence-electron chi connectivity index (χ2n) is 2.21. The van der Waals surface area contributed by atoms with Crippen LogP contribution in [0.1, 0.15) is 0 Å². The van der Waals surface area contributed by atoms with Crippen LogP contribution in [0.2, 0.25) is 5.02 Å². The Bertz CT molecular complexity index is 394. The number of nitrogens with zero attached hydrogens (tertiary/aromatic N) is 4. The van der Waals surface area contributed by atoms with Crippen molar-refractivity contribution in [2.24, 2.45) is 7.05 Å². The molecule has 0 amide bonds. The summed E-state index contributed by atoms with van der Waals surface area (Å²) < 4.78 is 1.60. The molecule has 2 aromatic rings. The fourth-order valence-electron chi connectivity index (χ4n) is 0.902. The van der Waals surface area contributed by atoms with E-state index in [-0.39, 0.29) is 0 Å². The number of fused-ring (bicyclic) bond motifs is 1. The Balaban J connectivity index is 2.86. The van der Waals surface area contributed by atoms with Crippen molar-refractivity contribution in [3.63, 3.8) is 0 Å². The van der Waals surface area contributed by atoms with Gasteiger partial charge in [0.1, 0.15) is 5.52 Å². The number of pyridine rings is 1. The van der Waals surface area contributed by atoms with Crippen LogP contribution in [0.3, 0.4) is 0 Å². The summed E-state index contributed by atoms with van der Waals surface area (Å²) >= 11 is 5.69. The molecule has 4 nitrogen and oxygen atoms in total. The fourth-order valence-corrected chi connectivity index (χ4v) is 1.05. The predicted molar refractivity (Wildman–Crippen MR) is 41.3 cm³/mol. The SMILES string of the molecule is Cn1nnc2cc(Cl)cnc21. The van der Waals surface area contributed by atoms with Gasteiger partial charge in [-0.25, -0.2) is 9.67 Å². The first-order valence-electron chi connectivity index (χ1n) is 3.08. The minimum Gasteiger partial charge on any atom is -0.234 e. The minimum atomic E-state index is 0.581. The Hall–Kier alpha value is -1.16. The highest BCUT2D eigenvalue weighted by molar-refractivity contribution is 6.30. The average molecular weight is 169 g/mol. The molecule has 0 saturated heterocycles. The molecule has 11 heavy (non-hydrogen) atoms. The number of aromatic nitrogens is 4. The van der Waals surface area contributed by atoms with E-state index in [4.69, 9.17) is 11.6 Å². The summed E-state index contributed by atoms with van der Waals surface area (Å²) in [7, 11) is 1.79. The van der Waals surface area contributed by atoms with Crippen LogP contribution in [0.5, 0.6) is 0 Å². The lowest BCUT2D eigenvalue weighted by atomic mass is 10.4. The fraction of sp³-hybridized carbons (Fsp3) is 0.167. The second-order valence-corrected chi connectivity index (χ2v) is 2.65. The third kappa shape index (κ3) is 0.952. The lowest BCUT2D eigenvalue weighted by Crippen LogP contribution is -1.90. The molecule has 0 bridgehead atoms. The van der Waals surface area contributed by atoms with Crippen molar-refractivity contribution < 1.29 is 0 Å². The van der Waals surface area contributed by atoms with Crippen molar-refractivity contribution in [2.75, 3.05) is 0 Å². The lowest BCUT2D eigenvalue weighted by molar-refractivity contribution is 0.730. The van der Waals surface area contributed by atoms with Crippen LogP contribution >= 0.6 is 11.6 Å². The van der Waals surface area contributed by atoms with E-state index >= 15 is 0 Å². The summed E-state index contributed by atoms with van der Waals surface area (Å²) in [5.74, 6) is 0. The Kier molecular flexibility index (Phi) is 1.29. The van der Waals surface area contributed by atoms with E-state index in [1.165, 1.54) is 0 Å². The van der Waals surface area contributed by atoms with Crippen molar-refractivity contribution >= 4 is 22.8 Å². The first-order chi connectivity index (χ1) is 5.27. The van der Waals surface area contributed by atoms with Gasteiger partial charge in [0.25, 0.3) is 0 Å². The molecular formula is C6H5ClN4. The number of hydrogen-bond acceptors (Lipinski definition) is 3. The van der Waals surface area contributed by atoms with E-state index in [0.717, 1.165) is 11.2 Å². The van der Waals surface area contributed by atoms with E-state index in [9.17, 15) is 0 Å². The Morgan fingerprint density at radius 2 is 2.36 bits per heavy atom. The van der Waals surface area contributed by atoms with Crippen molar-refractivity contribution in [1.29, 1.82) is 0 Å². The Labute approximate surface area is 67.8 Å². The molecule has 2 heterocycles. The van der Waals surface area contributed by atoms with Gasteiger partial charge in [-0.05, 0) is 6.07 Å². The number of halogens is 1.